The minimum atomic E-state index is -0.361. The fourth-order valence-corrected chi connectivity index (χ4v) is 6.46. The van der Waals surface area contributed by atoms with E-state index in [0.29, 0.717) is 30.5 Å². The second-order valence-electron chi connectivity index (χ2n) is 10.2. The monoisotopic (exact) mass is 600 g/mol. The van der Waals surface area contributed by atoms with Crippen LogP contribution in [0.1, 0.15) is 27.5 Å². The second-order valence-corrected chi connectivity index (χ2v) is 11.3. The van der Waals surface area contributed by atoms with Gasteiger partial charge in [-0.3, -0.25) is 14.5 Å². The summed E-state index contributed by atoms with van der Waals surface area (Å²) in [6.45, 7) is 4.64. The summed E-state index contributed by atoms with van der Waals surface area (Å²) in [5.74, 6) is 1.56. The summed E-state index contributed by atoms with van der Waals surface area (Å²) in [5.41, 5.74) is 6.24. The maximum absolute atomic E-state index is 14.0. The Bertz CT molecular complexity index is 1620. The number of anilines is 1. The van der Waals surface area contributed by atoms with Crippen LogP contribution in [0.25, 0.3) is 16.9 Å². The molecule has 2 amide bonds. The Kier molecular flexibility index (Phi) is 9.37. The Morgan fingerprint density at radius 3 is 2.53 bits per heavy atom. The van der Waals surface area contributed by atoms with Crippen LogP contribution in [0.2, 0.25) is 0 Å². The van der Waals surface area contributed by atoms with Crippen molar-refractivity contribution in [2.24, 2.45) is 0 Å². The van der Waals surface area contributed by atoms with Gasteiger partial charge in [-0.2, -0.15) is 5.10 Å². The summed E-state index contributed by atoms with van der Waals surface area (Å²) in [4.78, 5) is 28.8. The first-order valence-corrected chi connectivity index (χ1v) is 15.1. The highest BCUT2D eigenvalue weighted by atomic mass is 32.2. The van der Waals surface area contributed by atoms with Gasteiger partial charge < -0.3 is 19.5 Å². The Morgan fingerprint density at radius 2 is 1.81 bits per heavy atom. The van der Waals surface area contributed by atoms with Gasteiger partial charge in [0.1, 0.15) is 23.9 Å². The standard InChI is InChI=1S/C33H36N4O5S/c1-21-10-9-13-26(22(21)2)37-33-30(31(35-37)23-11-7-6-8-12-23)32(25-18-24(41-4)14-15-27(25)42-5)43-20-29(39)36(33)19-28(38)34-16-17-40-3/h6-15,18,32H,16-17,19-20H2,1-5H3,(H,34,38)/t32-/m0/s1. The molecule has 0 radical (unpaired) electrons. The molecule has 1 N–H and O–H groups in total. The quantitative estimate of drug-likeness (QED) is 0.253. The molecule has 0 bridgehead atoms. The zero-order chi connectivity index (χ0) is 30.5. The van der Waals surface area contributed by atoms with Gasteiger partial charge in [0, 0.05) is 30.3 Å². The molecule has 9 nitrogen and oxygen atoms in total. The predicted octanol–water partition coefficient (Wildman–Crippen LogP) is 5.11. The molecule has 1 aliphatic heterocycles. The van der Waals surface area contributed by atoms with Crippen LogP contribution in [-0.2, 0) is 14.3 Å². The maximum atomic E-state index is 14.0. The Labute approximate surface area is 256 Å². The van der Waals surface area contributed by atoms with E-state index in [4.69, 9.17) is 19.3 Å². The molecule has 1 aliphatic rings. The van der Waals surface area contributed by atoms with E-state index in [-0.39, 0.29) is 29.4 Å². The number of fused-ring (bicyclic) bond motifs is 1. The van der Waals surface area contributed by atoms with Crippen molar-refractivity contribution in [1.82, 2.24) is 15.1 Å². The minimum Gasteiger partial charge on any atom is -0.497 e. The molecule has 224 valence electrons. The molecule has 0 saturated heterocycles. The summed E-state index contributed by atoms with van der Waals surface area (Å²) in [6.07, 6.45) is 0. The summed E-state index contributed by atoms with van der Waals surface area (Å²) < 4.78 is 18.4. The smallest absolute Gasteiger partial charge is 0.240 e. The molecule has 0 unspecified atom stereocenters. The van der Waals surface area contributed by atoms with Crippen molar-refractivity contribution in [3.63, 3.8) is 0 Å². The number of rotatable bonds is 10. The van der Waals surface area contributed by atoms with Gasteiger partial charge in [-0.15, -0.1) is 11.8 Å². The van der Waals surface area contributed by atoms with Crippen LogP contribution in [0.3, 0.4) is 0 Å². The van der Waals surface area contributed by atoms with Crippen LogP contribution in [0.15, 0.2) is 66.7 Å². The fraction of sp³-hybridized carbons (Fsp3) is 0.303. The Balaban J connectivity index is 1.82. The van der Waals surface area contributed by atoms with Crippen molar-refractivity contribution in [2.75, 3.05) is 51.7 Å². The van der Waals surface area contributed by atoms with Gasteiger partial charge in [0.15, 0.2) is 0 Å². The average molecular weight is 601 g/mol. The van der Waals surface area contributed by atoms with Gasteiger partial charge in [0.05, 0.1) is 43.2 Å². The highest BCUT2D eigenvalue weighted by Crippen LogP contribution is 2.51. The number of thioether (sulfide) groups is 1. The topological polar surface area (TPSA) is 94.9 Å². The first-order chi connectivity index (χ1) is 20.9. The number of hydrogen-bond acceptors (Lipinski definition) is 7. The summed E-state index contributed by atoms with van der Waals surface area (Å²) in [5, 5.41) is 7.71. The summed E-state index contributed by atoms with van der Waals surface area (Å²) in [6, 6.07) is 21.6. The van der Waals surface area contributed by atoms with Gasteiger partial charge in [-0.1, -0.05) is 42.5 Å². The minimum absolute atomic E-state index is 0.145. The zero-order valence-corrected chi connectivity index (χ0v) is 25.9. The van der Waals surface area contributed by atoms with Crippen LogP contribution in [0.4, 0.5) is 5.82 Å². The van der Waals surface area contributed by atoms with Crippen molar-refractivity contribution in [2.45, 2.75) is 19.1 Å². The molecule has 1 aromatic heterocycles. The molecule has 2 heterocycles. The Morgan fingerprint density at radius 1 is 1.02 bits per heavy atom. The van der Waals surface area contributed by atoms with Gasteiger partial charge in [0.2, 0.25) is 11.8 Å². The van der Waals surface area contributed by atoms with E-state index in [2.05, 4.69) is 5.32 Å². The molecule has 43 heavy (non-hydrogen) atoms. The first kappa shape index (κ1) is 30.2. The molecule has 1 atom stereocenters. The van der Waals surface area contributed by atoms with Crippen molar-refractivity contribution in [3.05, 3.63) is 89.0 Å². The van der Waals surface area contributed by atoms with Crippen LogP contribution in [0.5, 0.6) is 11.5 Å². The summed E-state index contributed by atoms with van der Waals surface area (Å²) >= 11 is 1.48. The fourth-order valence-electron chi connectivity index (χ4n) is 5.24. The third kappa shape index (κ3) is 6.11. The van der Waals surface area contributed by atoms with E-state index in [1.165, 1.54) is 11.8 Å². The SMILES string of the molecule is COCCNC(=O)CN1C(=O)CS[C@@H](c2cc(OC)ccc2OC)c2c(-c3ccccc3)nn(-c3cccc(C)c3C)c21. The third-order valence-electron chi connectivity index (χ3n) is 7.59. The molecule has 0 aliphatic carbocycles. The van der Waals surface area contributed by atoms with Crippen molar-refractivity contribution in [3.8, 4) is 28.4 Å². The number of aryl methyl sites for hydroxylation is 1. The molecule has 0 spiro atoms. The van der Waals surface area contributed by atoms with Crippen LogP contribution in [-0.4, -0.2) is 68.4 Å². The highest BCUT2D eigenvalue weighted by molar-refractivity contribution is 8.00. The van der Waals surface area contributed by atoms with Crippen LogP contribution >= 0.6 is 11.8 Å². The molecule has 0 saturated carbocycles. The molecular weight excluding hydrogens is 564 g/mol. The predicted molar refractivity (Wildman–Crippen MR) is 170 cm³/mol. The maximum Gasteiger partial charge on any atom is 0.240 e. The number of nitrogens with zero attached hydrogens (tertiary/aromatic N) is 3. The molecule has 5 rings (SSSR count). The third-order valence-corrected chi connectivity index (χ3v) is 8.83. The lowest BCUT2D eigenvalue weighted by Gasteiger charge is -2.24. The highest BCUT2D eigenvalue weighted by Gasteiger charge is 2.39. The normalized spacial score (nSPS) is 14.7. The number of benzene rings is 3. The van der Waals surface area contributed by atoms with Gasteiger partial charge in [-0.05, 0) is 49.2 Å². The second kappa shape index (κ2) is 13.4. The van der Waals surface area contributed by atoms with E-state index in [0.717, 1.165) is 39.2 Å². The van der Waals surface area contributed by atoms with E-state index >= 15 is 0 Å². The number of hydrogen-bond donors (Lipinski definition) is 1. The number of ether oxygens (including phenoxy) is 3. The van der Waals surface area contributed by atoms with Gasteiger partial charge in [0.25, 0.3) is 0 Å². The van der Waals surface area contributed by atoms with Crippen molar-refractivity contribution < 1.29 is 23.8 Å². The van der Waals surface area contributed by atoms with Crippen molar-refractivity contribution >= 4 is 29.4 Å². The van der Waals surface area contributed by atoms with E-state index in [1.54, 1.807) is 26.2 Å². The van der Waals surface area contributed by atoms with E-state index in [9.17, 15) is 9.59 Å². The first-order valence-electron chi connectivity index (χ1n) is 14.0. The lowest BCUT2D eigenvalue weighted by atomic mass is 9.98. The molecule has 4 aromatic rings. The molecular formula is C33H36N4O5S. The Hall–Kier alpha value is -4.28. The van der Waals surface area contributed by atoms with E-state index in [1.807, 2.05) is 85.3 Å². The largest absolute Gasteiger partial charge is 0.497 e. The number of amides is 2. The summed E-state index contributed by atoms with van der Waals surface area (Å²) in [7, 11) is 4.83. The lowest BCUT2D eigenvalue weighted by molar-refractivity contribution is -0.123. The average Bonchev–Trinajstić information content (AvgIpc) is 3.35. The van der Waals surface area contributed by atoms with Gasteiger partial charge >= 0.3 is 0 Å². The van der Waals surface area contributed by atoms with E-state index < -0.39 is 0 Å². The number of methoxy groups -OCH3 is 3. The number of carbonyl (C=O) groups excluding carboxylic acids is 2. The van der Waals surface area contributed by atoms with Gasteiger partial charge in [-0.25, -0.2) is 4.68 Å². The molecule has 3 aromatic carbocycles. The van der Waals surface area contributed by atoms with Crippen molar-refractivity contribution in [1.29, 1.82) is 0 Å². The van der Waals surface area contributed by atoms with Crippen LogP contribution in [0, 0.1) is 13.8 Å². The molecule has 10 heteroatoms. The number of aromatic nitrogens is 2. The number of carbonyl (C=O) groups is 2. The zero-order valence-electron chi connectivity index (χ0n) is 25.0. The molecule has 0 fully saturated rings. The lowest BCUT2D eigenvalue weighted by Crippen LogP contribution is -2.43. The number of nitrogens with one attached hydrogen (secondary N) is 1. The van der Waals surface area contributed by atoms with Crippen LogP contribution < -0.4 is 19.7 Å².